The van der Waals surface area contributed by atoms with E-state index in [0.717, 1.165) is 12.2 Å². The summed E-state index contributed by atoms with van der Waals surface area (Å²) >= 11 is 0. The lowest BCUT2D eigenvalue weighted by atomic mass is 9.92. The molecule has 3 rings (SSSR count). The summed E-state index contributed by atoms with van der Waals surface area (Å²) in [6, 6.07) is 12.0. The van der Waals surface area contributed by atoms with Crippen molar-refractivity contribution in [3.05, 3.63) is 47.7 Å². The zero-order valence-electron chi connectivity index (χ0n) is 15.4. The molecule has 3 N–H and O–H groups in total. The van der Waals surface area contributed by atoms with Crippen LogP contribution < -0.4 is 11.1 Å². The number of carbonyl (C=O) groups excluding carboxylic acids is 1. The van der Waals surface area contributed by atoms with Gasteiger partial charge in [-0.2, -0.15) is 0 Å². The first-order valence-electron chi connectivity index (χ1n) is 8.63. The summed E-state index contributed by atoms with van der Waals surface area (Å²) < 4.78 is 5.21. The first-order chi connectivity index (χ1) is 11.8. The van der Waals surface area contributed by atoms with Crippen molar-refractivity contribution >= 4 is 24.2 Å². The van der Waals surface area contributed by atoms with Gasteiger partial charge >= 0.3 is 0 Å². The molecule has 0 spiro atoms. The van der Waals surface area contributed by atoms with Gasteiger partial charge in [0.05, 0.1) is 12.2 Å². The maximum absolute atomic E-state index is 12.3. The molecule has 0 unspecified atom stereocenters. The Morgan fingerprint density at radius 1 is 1.31 bits per heavy atom. The van der Waals surface area contributed by atoms with Gasteiger partial charge in [-0.05, 0) is 5.56 Å². The van der Waals surface area contributed by atoms with Crippen molar-refractivity contribution in [1.29, 1.82) is 0 Å². The predicted molar refractivity (Wildman–Crippen MR) is 105 cm³/mol. The molecular formula is C19H27ClN4O2. The molecule has 1 fully saturated rings. The summed E-state index contributed by atoms with van der Waals surface area (Å²) in [6.45, 7) is 7.92. The first kappa shape index (κ1) is 20.4. The van der Waals surface area contributed by atoms with Crippen LogP contribution in [-0.4, -0.2) is 41.6 Å². The number of likely N-dealkylation sites (tertiary alicyclic amines) is 1. The SMILES string of the molecule is CC(C)(C)c1cc(NC(=O)CN2C[C@@H](N)[C@H](c3ccccc3)C2)on1.Cl. The molecule has 1 amide bonds. The van der Waals surface area contributed by atoms with Gasteiger partial charge in [-0.25, -0.2) is 0 Å². The molecule has 0 aliphatic carbocycles. The molecule has 7 heteroatoms. The molecule has 1 aromatic heterocycles. The molecular weight excluding hydrogens is 352 g/mol. The van der Waals surface area contributed by atoms with Crippen LogP contribution in [0.1, 0.15) is 37.9 Å². The maximum atomic E-state index is 12.3. The number of nitrogens with two attached hydrogens (primary N) is 1. The highest BCUT2D eigenvalue weighted by molar-refractivity contribution is 5.91. The molecule has 26 heavy (non-hydrogen) atoms. The number of hydrogen-bond donors (Lipinski definition) is 2. The van der Waals surface area contributed by atoms with E-state index < -0.39 is 0 Å². The van der Waals surface area contributed by atoms with Crippen LogP contribution >= 0.6 is 12.4 Å². The summed E-state index contributed by atoms with van der Waals surface area (Å²) in [5.74, 6) is 0.530. The fourth-order valence-electron chi connectivity index (χ4n) is 3.16. The van der Waals surface area contributed by atoms with Crippen molar-refractivity contribution in [2.75, 3.05) is 25.0 Å². The molecule has 6 nitrogen and oxygen atoms in total. The fourth-order valence-corrected chi connectivity index (χ4v) is 3.16. The Labute approximate surface area is 160 Å². The zero-order chi connectivity index (χ0) is 18.0. The lowest BCUT2D eigenvalue weighted by molar-refractivity contribution is -0.117. The number of benzene rings is 1. The highest BCUT2D eigenvalue weighted by Gasteiger charge is 2.32. The molecule has 2 heterocycles. The van der Waals surface area contributed by atoms with E-state index in [4.69, 9.17) is 10.3 Å². The van der Waals surface area contributed by atoms with Crippen LogP contribution in [0.4, 0.5) is 5.88 Å². The first-order valence-corrected chi connectivity index (χ1v) is 8.63. The van der Waals surface area contributed by atoms with Gasteiger partial charge in [-0.1, -0.05) is 56.3 Å². The molecule has 1 saturated heterocycles. The predicted octanol–water partition coefficient (Wildman–Crippen LogP) is 2.76. The standard InChI is InChI=1S/C19H26N4O2.ClH/c1-19(2,3)16-9-18(25-22-16)21-17(24)12-23-10-14(15(20)11-23)13-7-5-4-6-8-13;/h4-9,14-15H,10-12,20H2,1-3H3,(H,21,24);1H/t14-,15+;/m0./s1. The normalized spacial score (nSPS) is 20.6. The Kier molecular flexibility index (Phi) is 6.44. The third kappa shape index (κ3) is 4.84. The van der Waals surface area contributed by atoms with Crippen molar-refractivity contribution < 1.29 is 9.32 Å². The molecule has 0 saturated carbocycles. The van der Waals surface area contributed by atoms with Crippen LogP contribution in [0.25, 0.3) is 0 Å². The third-order valence-corrected chi connectivity index (χ3v) is 4.58. The Morgan fingerprint density at radius 2 is 2.00 bits per heavy atom. The van der Waals surface area contributed by atoms with Crippen LogP contribution in [0.3, 0.4) is 0 Å². The highest BCUT2D eigenvalue weighted by atomic mass is 35.5. The fraction of sp³-hybridized carbons (Fsp3) is 0.474. The van der Waals surface area contributed by atoms with Crippen LogP contribution in [0.5, 0.6) is 0 Å². The van der Waals surface area contributed by atoms with Crippen LogP contribution in [-0.2, 0) is 10.2 Å². The minimum absolute atomic E-state index is 0. The van der Waals surface area contributed by atoms with Crippen molar-refractivity contribution in [3.63, 3.8) is 0 Å². The van der Waals surface area contributed by atoms with Crippen LogP contribution in [0, 0.1) is 0 Å². The van der Waals surface area contributed by atoms with E-state index in [0.29, 0.717) is 19.0 Å². The van der Waals surface area contributed by atoms with E-state index in [-0.39, 0.29) is 35.7 Å². The minimum Gasteiger partial charge on any atom is -0.338 e. The highest BCUT2D eigenvalue weighted by Crippen LogP contribution is 2.26. The zero-order valence-corrected chi connectivity index (χ0v) is 16.3. The number of hydrogen-bond acceptors (Lipinski definition) is 5. The van der Waals surface area contributed by atoms with Crippen LogP contribution in [0.15, 0.2) is 40.9 Å². The van der Waals surface area contributed by atoms with E-state index in [1.54, 1.807) is 6.07 Å². The average Bonchev–Trinajstić information content (AvgIpc) is 3.14. The number of anilines is 1. The topological polar surface area (TPSA) is 84.4 Å². The third-order valence-electron chi connectivity index (χ3n) is 4.58. The van der Waals surface area contributed by atoms with Gasteiger partial charge in [0.25, 0.3) is 0 Å². The summed E-state index contributed by atoms with van der Waals surface area (Å²) in [6.07, 6.45) is 0. The summed E-state index contributed by atoms with van der Waals surface area (Å²) in [5.41, 5.74) is 8.20. The molecule has 1 aliphatic rings. The molecule has 0 bridgehead atoms. The largest absolute Gasteiger partial charge is 0.338 e. The number of carbonyl (C=O) groups is 1. The number of nitrogens with one attached hydrogen (secondary N) is 1. The molecule has 2 atom stereocenters. The van der Waals surface area contributed by atoms with Gasteiger partial charge < -0.3 is 10.3 Å². The van der Waals surface area contributed by atoms with Gasteiger partial charge in [0.15, 0.2) is 0 Å². The minimum atomic E-state index is -0.114. The second-order valence-electron chi connectivity index (χ2n) is 7.75. The summed E-state index contributed by atoms with van der Waals surface area (Å²) in [7, 11) is 0. The van der Waals surface area contributed by atoms with Gasteiger partial charge in [-0.15, -0.1) is 12.4 Å². The molecule has 2 aromatic rings. The molecule has 1 aliphatic heterocycles. The lowest BCUT2D eigenvalue weighted by Crippen LogP contribution is -2.33. The molecule has 142 valence electrons. The van der Waals surface area contributed by atoms with Gasteiger partial charge in [-0.3, -0.25) is 15.0 Å². The van der Waals surface area contributed by atoms with E-state index >= 15 is 0 Å². The summed E-state index contributed by atoms with van der Waals surface area (Å²) in [4.78, 5) is 14.4. The maximum Gasteiger partial charge on any atom is 0.240 e. The number of aromatic nitrogens is 1. The number of nitrogens with zero attached hydrogens (tertiary/aromatic N) is 2. The second kappa shape index (κ2) is 8.20. The monoisotopic (exact) mass is 378 g/mol. The average molecular weight is 379 g/mol. The van der Waals surface area contributed by atoms with Crippen molar-refractivity contribution in [2.45, 2.75) is 38.1 Å². The van der Waals surface area contributed by atoms with E-state index in [1.165, 1.54) is 5.56 Å². The van der Waals surface area contributed by atoms with E-state index in [9.17, 15) is 4.79 Å². The van der Waals surface area contributed by atoms with E-state index in [1.807, 2.05) is 39.0 Å². The molecule has 1 aromatic carbocycles. The van der Waals surface area contributed by atoms with Gasteiger partial charge in [0.2, 0.25) is 11.8 Å². The quantitative estimate of drug-likeness (QED) is 0.854. The van der Waals surface area contributed by atoms with Gasteiger partial charge in [0.1, 0.15) is 0 Å². The molecule has 0 radical (unpaired) electrons. The van der Waals surface area contributed by atoms with Gasteiger partial charge in [0, 0.05) is 36.5 Å². The second-order valence-corrected chi connectivity index (χ2v) is 7.75. The van der Waals surface area contributed by atoms with Crippen molar-refractivity contribution in [1.82, 2.24) is 10.1 Å². The Bertz CT molecular complexity index is 727. The Balaban J connectivity index is 0.00000243. The van der Waals surface area contributed by atoms with Crippen molar-refractivity contribution in [2.24, 2.45) is 5.73 Å². The number of halogens is 1. The number of rotatable bonds is 4. The van der Waals surface area contributed by atoms with E-state index in [2.05, 4.69) is 27.5 Å². The Morgan fingerprint density at radius 3 is 2.62 bits per heavy atom. The Hall–Kier alpha value is -1.89. The number of amides is 1. The lowest BCUT2D eigenvalue weighted by Gasteiger charge is -2.15. The van der Waals surface area contributed by atoms with Crippen LogP contribution in [0.2, 0.25) is 0 Å². The summed E-state index contributed by atoms with van der Waals surface area (Å²) in [5, 5.41) is 6.79. The smallest absolute Gasteiger partial charge is 0.240 e. The van der Waals surface area contributed by atoms with Crippen molar-refractivity contribution in [3.8, 4) is 0 Å².